The summed E-state index contributed by atoms with van der Waals surface area (Å²) < 4.78 is 22.8. The third kappa shape index (κ3) is 2.72. The van der Waals surface area contributed by atoms with Gasteiger partial charge in [0.05, 0.1) is 11.5 Å². The molecule has 0 spiro atoms. The molecule has 0 aromatic carbocycles. The highest BCUT2D eigenvalue weighted by atomic mass is 32.2. The monoisotopic (exact) mass is 231 g/mol. The Kier molecular flexibility index (Phi) is 3.36. The van der Waals surface area contributed by atoms with E-state index in [2.05, 4.69) is 11.9 Å². The van der Waals surface area contributed by atoms with Crippen LogP contribution in [-0.4, -0.2) is 44.0 Å². The lowest BCUT2D eigenvalue weighted by Crippen LogP contribution is -2.41. The van der Waals surface area contributed by atoms with Crippen molar-refractivity contribution in [1.29, 1.82) is 0 Å². The van der Waals surface area contributed by atoms with E-state index in [1.54, 1.807) is 0 Å². The van der Waals surface area contributed by atoms with E-state index in [4.69, 9.17) is 0 Å². The third-order valence-electron chi connectivity index (χ3n) is 3.94. The fourth-order valence-electron chi connectivity index (χ4n) is 2.88. The van der Waals surface area contributed by atoms with E-state index >= 15 is 0 Å². The van der Waals surface area contributed by atoms with Gasteiger partial charge < -0.3 is 0 Å². The fraction of sp³-hybridized carbons (Fsp3) is 1.00. The molecular formula is C11H21NO2S. The van der Waals surface area contributed by atoms with Gasteiger partial charge in [-0.05, 0) is 26.3 Å². The van der Waals surface area contributed by atoms with Crippen LogP contribution in [0.2, 0.25) is 0 Å². The summed E-state index contributed by atoms with van der Waals surface area (Å²) in [6.45, 7) is 0. The van der Waals surface area contributed by atoms with Crippen LogP contribution in [-0.2, 0) is 9.84 Å². The first-order valence-corrected chi connectivity index (χ1v) is 7.83. The minimum atomic E-state index is -2.72. The highest BCUT2D eigenvalue weighted by Gasteiger charge is 2.33. The van der Waals surface area contributed by atoms with Crippen LogP contribution in [0.4, 0.5) is 0 Å². The van der Waals surface area contributed by atoms with E-state index in [0.717, 1.165) is 6.42 Å². The third-order valence-corrected chi connectivity index (χ3v) is 5.69. The zero-order chi connectivity index (χ0) is 10.9. The van der Waals surface area contributed by atoms with Crippen LogP contribution in [0.1, 0.15) is 38.5 Å². The van der Waals surface area contributed by atoms with Gasteiger partial charge in [-0.1, -0.05) is 19.3 Å². The molecule has 1 aliphatic carbocycles. The van der Waals surface area contributed by atoms with Crippen molar-refractivity contribution in [2.45, 2.75) is 50.6 Å². The summed E-state index contributed by atoms with van der Waals surface area (Å²) in [5.41, 5.74) is 0. The molecule has 0 aromatic heterocycles. The number of hydrogen-bond donors (Lipinski definition) is 0. The highest BCUT2D eigenvalue weighted by Crippen LogP contribution is 2.26. The van der Waals surface area contributed by atoms with Crippen molar-refractivity contribution in [2.75, 3.05) is 18.6 Å². The van der Waals surface area contributed by atoms with Gasteiger partial charge in [0.15, 0.2) is 9.84 Å². The predicted molar refractivity (Wildman–Crippen MR) is 61.7 cm³/mol. The quantitative estimate of drug-likeness (QED) is 0.721. The molecular weight excluding hydrogens is 210 g/mol. The Morgan fingerprint density at radius 3 is 2.20 bits per heavy atom. The normalized spacial score (nSPS) is 32.3. The molecule has 1 atom stereocenters. The van der Waals surface area contributed by atoms with Crippen molar-refractivity contribution in [2.24, 2.45) is 0 Å². The van der Waals surface area contributed by atoms with Crippen molar-refractivity contribution < 1.29 is 8.42 Å². The molecule has 15 heavy (non-hydrogen) atoms. The molecule has 0 amide bonds. The molecule has 0 unspecified atom stereocenters. The minimum Gasteiger partial charge on any atom is -0.299 e. The molecule has 2 rings (SSSR count). The molecule has 0 N–H and O–H groups in total. The first-order valence-electron chi connectivity index (χ1n) is 6.01. The Hall–Kier alpha value is -0.0900. The standard InChI is InChI=1S/C11H21NO2S/c1-12(10-5-3-2-4-6-10)11-7-8-15(13,14)9-11/h10-11H,2-9H2,1H3/t11-/m1/s1. The van der Waals surface area contributed by atoms with Crippen molar-refractivity contribution in [3.05, 3.63) is 0 Å². The molecule has 1 saturated carbocycles. The Balaban J connectivity index is 1.93. The highest BCUT2D eigenvalue weighted by molar-refractivity contribution is 7.91. The van der Waals surface area contributed by atoms with Gasteiger partial charge in [0, 0.05) is 12.1 Å². The number of sulfone groups is 1. The lowest BCUT2D eigenvalue weighted by molar-refractivity contribution is 0.149. The van der Waals surface area contributed by atoms with Crippen molar-refractivity contribution >= 4 is 9.84 Å². The molecule has 0 aromatic rings. The molecule has 1 heterocycles. The van der Waals surface area contributed by atoms with Gasteiger partial charge >= 0.3 is 0 Å². The second kappa shape index (κ2) is 4.42. The van der Waals surface area contributed by atoms with Gasteiger partial charge in [-0.25, -0.2) is 8.42 Å². The molecule has 1 aliphatic heterocycles. The van der Waals surface area contributed by atoms with Crippen molar-refractivity contribution in [3.63, 3.8) is 0 Å². The van der Waals surface area contributed by atoms with E-state index in [-0.39, 0.29) is 6.04 Å². The summed E-state index contributed by atoms with van der Waals surface area (Å²) in [4.78, 5) is 2.34. The van der Waals surface area contributed by atoms with E-state index in [9.17, 15) is 8.42 Å². The smallest absolute Gasteiger partial charge is 0.151 e. The lowest BCUT2D eigenvalue weighted by atomic mass is 9.93. The van der Waals surface area contributed by atoms with Crippen LogP contribution in [0.25, 0.3) is 0 Å². The zero-order valence-electron chi connectivity index (χ0n) is 9.48. The van der Waals surface area contributed by atoms with Crippen molar-refractivity contribution in [3.8, 4) is 0 Å². The molecule has 3 nitrogen and oxygen atoms in total. The van der Waals surface area contributed by atoms with Gasteiger partial charge in [-0.2, -0.15) is 0 Å². The Labute approximate surface area is 92.8 Å². The first kappa shape index (κ1) is 11.4. The van der Waals surface area contributed by atoms with Crippen LogP contribution in [0.3, 0.4) is 0 Å². The number of rotatable bonds is 2. The Morgan fingerprint density at radius 2 is 1.67 bits per heavy atom. The van der Waals surface area contributed by atoms with Gasteiger partial charge in [0.1, 0.15) is 0 Å². The predicted octanol–water partition coefficient (Wildman–Crippen LogP) is 1.44. The average Bonchev–Trinajstić information content (AvgIpc) is 2.59. The van der Waals surface area contributed by atoms with Gasteiger partial charge in [0.2, 0.25) is 0 Å². The second-order valence-corrected chi connectivity index (χ2v) is 7.24. The maximum absolute atomic E-state index is 11.4. The van der Waals surface area contributed by atoms with Crippen LogP contribution in [0, 0.1) is 0 Å². The topological polar surface area (TPSA) is 37.4 Å². The summed E-state index contributed by atoms with van der Waals surface area (Å²) >= 11 is 0. The Bertz CT molecular complexity index is 307. The summed E-state index contributed by atoms with van der Waals surface area (Å²) in [5.74, 6) is 0.786. The lowest BCUT2D eigenvalue weighted by Gasteiger charge is -2.34. The Morgan fingerprint density at radius 1 is 1.00 bits per heavy atom. The van der Waals surface area contributed by atoms with E-state index in [1.165, 1.54) is 32.1 Å². The number of hydrogen-bond acceptors (Lipinski definition) is 3. The molecule has 2 aliphatic rings. The first-order chi connectivity index (χ1) is 7.08. The summed E-state index contributed by atoms with van der Waals surface area (Å²) in [6, 6.07) is 0.926. The maximum atomic E-state index is 11.4. The fourth-order valence-corrected chi connectivity index (χ4v) is 4.67. The van der Waals surface area contributed by atoms with E-state index in [0.29, 0.717) is 17.5 Å². The van der Waals surface area contributed by atoms with Gasteiger partial charge in [-0.15, -0.1) is 0 Å². The summed E-state index contributed by atoms with van der Waals surface area (Å²) in [6.07, 6.45) is 7.34. The average molecular weight is 231 g/mol. The number of nitrogens with zero attached hydrogens (tertiary/aromatic N) is 1. The summed E-state index contributed by atoms with van der Waals surface area (Å²) in [7, 11) is -0.608. The van der Waals surface area contributed by atoms with Gasteiger partial charge in [0.25, 0.3) is 0 Å². The minimum absolute atomic E-state index is 0.290. The molecule has 4 heteroatoms. The van der Waals surface area contributed by atoms with E-state index in [1.807, 2.05) is 0 Å². The summed E-state index contributed by atoms with van der Waals surface area (Å²) in [5, 5.41) is 0. The van der Waals surface area contributed by atoms with Crippen LogP contribution in [0.5, 0.6) is 0 Å². The van der Waals surface area contributed by atoms with Crippen LogP contribution < -0.4 is 0 Å². The molecule has 0 bridgehead atoms. The van der Waals surface area contributed by atoms with Crippen LogP contribution in [0.15, 0.2) is 0 Å². The van der Waals surface area contributed by atoms with Crippen LogP contribution >= 0.6 is 0 Å². The molecule has 2 fully saturated rings. The molecule has 88 valence electrons. The molecule has 1 saturated heterocycles. The SMILES string of the molecule is CN(C1CCCCC1)[C@@H]1CCS(=O)(=O)C1. The molecule has 0 radical (unpaired) electrons. The zero-order valence-corrected chi connectivity index (χ0v) is 10.3. The van der Waals surface area contributed by atoms with Crippen molar-refractivity contribution in [1.82, 2.24) is 4.90 Å². The van der Waals surface area contributed by atoms with E-state index < -0.39 is 9.84 Å². The van der Waals surface area contributed by atoms with Gasteiger partial charge in [-0.3, -0.25) is 4.90 Å². The second-order valence-electron chi connectivity index (χ2n) is 5.01. The maximum Gasteiger partial charge on any atom is 0.151 e. The largest absolute Gasteiger partial charge is 0.299 e.